The number of aryl methyl sites for hydroxylation is 1. The molecule has 7 heteroatoms. The molecule has 2 fully saturated rings. The first-order valence-electron chi connectivity index (χ1n) is 9.00. The molecule has 2 heterocycles. The zero-order chi connectivity index (χ0) is 16.2. The van der Waals surface area contributed by atoms with E-state index < -0.39 is 0 Å². The summed E-state index contributed by atoms with van der Waals surface area (Å²) in [4.78, 5) is 20.2. The predicted octanol–water partition coefficient (Wildman–Crippen LogP) is 3.17. The van der Waals surface area contributed by atoms with E-state index in [0.29, 0.717) is 18.4 Å². The maximum absolute atomic E-state index is 12.7. The van der Waals surface area contributed by atoms with E-state index in [2.05, 4.69) is 28.9 Å². The second kappa shape index (κ2) is 10.7. The number of rotatable bonds is 5. The maximum Gasteiger partial charge on any atom is 0.226 e. The van der Waals surface area contributed by atoms with Crippen LogP contribution in [0.25, 0.3) is 0 Å². The number of piperazine rings is 1. The number of thiophene rings is 1. The Morgan fingerprint density at radius 3 is 2.44 bits per heavy atom. The molecule has 0 unspecified atom stereocenters. The van der Waals surface area contributed by atoms with E-state index >= 15 is 0 Å². The van der Waals surface area contributed by atoms with E-state index in [4.69, 9.17) is 5.73 Å². The van der Waals surface area contributed by atoms with Crippen molar-refractivity contribution in [3.8, 4) is 0 Å². The zero-order valence-electron chi connectivity index (χ0n) is 15.0. The van der Waals surface area contributed by atoms with Crippen molar-refractivity contribution in [2.45, 2.75) is 39.2 Å². The summed E-state index contributed by atoms with van der Waals surface area (Å²) in [5.74, 6) is 0.970. The molecule has 1 saturated heterocycles. The Balaban J connectivity index is 0.00000156. The number of nitrogens with zero attached hydrogens (tertiary/aromatic N) is 2. The van der Waals surface area contributed by atoms with Gasteiger partial charge in [-0.15, -0.1) is 36.2 Å². The van der Waals surface area contributed by atoms with Gasteiger partial charge in [0.2, 0.25) is 5.91 Å². The van der Waals surface area contributed by atoms with Crippen LogP contribution in [0.5, 0.6) is 0 Å². The van der Waals surface area contributed by atoms with Gasteiger partial charge in [-0.25, -0.2) is 0 Å². The molecule has 0 spiro atoms. The van der Waals surface area contributed by atoms with Crippen LogP contribution < -0.4 is 5.73 Å². The first-order chi connectivity index (χ1) is 11.2. The van der Waals surface area contributed by atoms with Crippen LogP contribution >= 0.6 is 36.2 Å². The van der Waals surface area contributed by atoms with Gasteiger partial charge < -0.3 is 10.6 Å². The van der Waals surface area contributed by atoms with E-state index in [1.54, 1.807) is 0 Å². The van der Waals surface area contributed by atoms with Crippen LogP contribution in [-0.4, -0.2) is 48.4 Å². The van der Waals surface area contributed by atoms with Gasteiger partial charge in [-0.1, -0.05) is 13.3 Å². The van der Waals surface area contributed by atoms with Gasteiger partial charge >= 0.3 is 0 Å². The quantitative estimate of drug-likeness (QED) is 0.814. The third kappa shape index (κ3) is 5.57. The van der Waals surface area contributed by atoms with E-state index in [1.165, 1.54) is 9.75 Å². The SMILES string of the molecule is CCc1ccc(CN2CCN(C(=O)[C@@H]3CCC[C@@H]3CN)CC2)s1.Cl.Cl. The summed E-state index contributed by atoms with van der Waals surface area (Å²) >= 11 is 1.92. The van der Waals surface area contributed by atoms with Crippen molar-refractivity contribution >= 4 is 42.1 Å². The van der Waals surface area contributed by atoms with Gasteiger partial charge in [0.1, 0.15) is 0 Å². The number of nitrogens with two attached hydrogens (primary N) is 1. The molecule has 1 aliphatic carbocycles. The predicted molar refractivity (Wildman–Crippen MR) is 110 cm³/mol. The largest absolute Gasteiger partial charge is 0.340 e. The van der Waals surface area contributed by atoms with E-state index in [0.717, 1.165) is 58.4 Å². The first kappa shape index (κ1) is 22.7. The normalized spacial score (nSPS) is 23.8. The first-order valence-corrected chi connectivity index (χ1v) is 9.81. The van der Waals surface area contributed by atoms with Crippen molar-refractivity contribution < 1.29 is 4.79 Å². The summed E-state index contributed by atoms with van der Waals surface area (Å²) in [5.41, 5.74) is 5.84. The second-order valence-corrected chi connectivity index (χ2v) is 8.11. The third-order valence-electron chi connectivity index (χ3n) is 5.41. The van der Waals surface area contributed by atoms with Gasteiger partial charge in [-0.3, -0.25) is 9.69 Å². The van der Waals surface area contributed by atoms with Gasteiger partial charge in [0.25, 0.3) is 0 Å². The Kier molecular flexibility index (Phi) is 9.75. The van der Waals surface area contributed by atoms with Crippen LogP contribution in [0.1, 0.15) is 35.9 Å². The lowest BCUT2D eigenvalue weighted by Gasteiger charge is -2.36. The topological polar surface area (TPSA) is 49.6 Å². The number of carbonyl (C=O) groups is 1. The Hall–Kier alpha value is -0.330. The lowest BCUT2D eigenvalue weighted by Crippen LogP contribution is -2.50. The van der Waals surface area contributed by atoms with Crippen LogP contribution in [0.15, 0.2) is 12.1 Å². The minimum absolute atomic E-state index is 0. The van der Waals surface area contributed by atoms with Crippen molar-refractivity contribution in [2.24, 2.45) is 17.6 Å². The molecule has 0 aromatic carbocycles. The summed E-state index contributed by atoms with van der Waals surface area (Å²) in [6.45, 7) is 7.63. The monoisotopic (exact) mass is 407 g/mol. The van der Waals surface area contributed by atoms with Crippen molar-refractivity contribution in [2.75, 3.05) is 32.7 Å². The zero-order valence-corrected chi connectivity index (χ0v) is 17.4. The molecule has 2 atom stereocenters. The molecule has 25 heavy (non-hydrogen) atoms. The van der Waals surface area contributed by atoms with Gasteiger partial charge in [0.15, 0.2) is 0 Å². The van der Waals surface area contributed by atoms with E-state index in [1.807, 2.05) is 11.3 Å². The van der Waals surface area contributed by atoms with Crippen LogP contribution in [0.4, 0.5) is 0 Å². The molecule has 4 nitrogen and oxygen atoms in total. The minimum atomic E-state index is 0. The smallest absolute Gasteiger partial charge is 0.226 e. The molecule has 1 aliphatic heterocycles. The number of carbonyl (C=O) groups excluding carboxylic acids is 1. The van der Waals surface area contributed by atoms with Crippen LogP contribution in [0.3, 0.4) is 0 Å². The molecular weight excluding hydrogens is 377 g/mol. The Labute approximate surface area is 167 Å². The van der Waals surface area contributed by atoms with Crippen molar-refractivity contribution in [3.63, 3.8) is 0 Å². The molecule has 2 aliphatic rings. The molecule has 1 saturated carbocycles. The Bertz CT molecular complexity index is 532. The summed E-state index contributed by atoms with van der Waals surface area (Å²) in [6.07, 6.45) is 4.45. The van der Waals surface area contributed by atoms with Gasteiger partial charge in [-0.05, 0) is 43.9 Å². The summed E-state index contributed by atoms with van der Waals surface area (Å²) in [6, 6.07) is 4.50. The Morgan fingerprint density at radius 1 is 1.16 bits per heavy atom. The van der Waals surface area contributed by atoms with Crippen LogP contribution in [0, 0.1) is 11.8 Å². The lowest BCUT2D eigenvalue weighted by molar-refractivity contribution is -0.138. The highest BCUT2D eigenvalue weighted by Crippen LogP contribution is 2.32. The third-order valence-corrected chi connectivity index (χ3v) is 6.62. The van der Waals surface area contributed by atoms with Gasteiger partial charge in [0.05, 0.1) is 0 Å². The molecule has 2 N–H and O–H groups in total. The molecule has 0 radical (unpaired) electrons. The highest BCUT2D eigenvalue weighted by atomic mass is 35.5. The molecule has 1 aromatic heterocycles. The molecule has 144 valence electrons. The van der Waals surface area contributed by atoms with Crippen molar-refractivity contribution in [1.29, 1.82) is 0 Å². The average molecular weight is 408 g/mol. The number of hydrogen-bond acceptors (Lipinski definition) is 4. The van der Waals surface area contributed by atoms with E-state index in [9.17, 15) is 4.79 Å². The van der Waals surface area contributed by atoms with Gasteiger partial charge in [0, 0.05) is 48.4 Å². The fourth-order valence-corrected chi connectivity index (χ4v) is 4.92. The minimum Gasteiger partial charge on any atom is -0.340 e. The summed E-state index contributed by atoms with van der Waals surface area (Å²) in [7, 11) is 0. The molecule has 1 amide bonds. The summed E-state index contributed by atoms with van der Waals surface area (Å²) < 4.78 is 0. The summed E-state index contributed by atoms with van der Waals surface area (Å²) in [5, 5.41) is 0. The van der Waals surface area contributed by atoms with Crippen LogP contribution in [-0.2, 0) is 17.8 Å². The fourth-order valence-electron chi connectivity index (χ4n) is 3.92. The lowest BCUT2D eigenvalue weighted by atomic mass is 9.94. The fraction of sp³-hybridized carbons (Fsp3) is 0.722. The number of hydrogen-bond donors (Lipinski definition) is 1. The number of halogens is 2. The van der Waals surface area contributed by atoms with Gasteiger partial charge in [-0.2, -0.15) is 0 Å². The highest BCUT2D eigenvalue weighted by Gasteiger charge is 2.35. The van der Waals surface area contributed by atoms with Crippen molar-refractivity contribution in [1.82, 2.24) is 9.80 Å². The molecular formula is C18H31Cl2N3OS. The standard InChI is InChI=1S/C18H29N3OS.2ClH/c1-2-15-6-7-16(23-15)13-20-8-10-21(11-9-20)18(22)17-5-3-4-14(17)12-19;;/h6-7,14,17H,2-5,8-13,19H2,1H3;2*1H/t14-,17-;;/m1../s1. The van der Waals surface area contributed by atoms with E-state index in [-0.39, 0.29) is 30.7 Å². The molecule has 3 rings (SSSR count). The Morgan fingerprint density at radius 2 is 1.84 bits per heavy atom. The molecule has 1 aromatic rings. The highest BCUT2D eigenvalue weighted by molar-refractivity contribution is 7.11. The molecule has 0 bridgehead atoms. The second-order valence-electron chi connectivity index (χ2n) is 6.86. The van der Waals surface area contributed by atoms with Crippen molar-refractivity contribution in [3.05, 3.63) is 21.9 Å². The number of amides is 1. The van der Waals surface area contributed by atoms with Crippen LogP contribution in [0.2, 0.25) is 0 Å². The average Bonchev–Trinajstić information content (AvgIpc) is 3.23. The maximum atomic E-state index is 12.7.